The van der Waals surface area contributed by atoms with Crippen LogP contribution in [0.4, 0.5) is 0 Å². The Bertz CT molecular complexity index is 257. The lowest BCUT2D eigenvalue weighted by atomic mass is 9.70. The first-order valence-corrected chi connectivity index (χ1v) is 7.81. The minimum Gasteiger partial charge on any atom is -0.303 e. The van der Waals surface area contributed by atoms with Crippen LogP contribution in [0.3, 0.4) is 0 Å². The third-order valence-electron chi connectivity index (χ3n) is 3.81. The van der Waals surface area contributed by atoms with Gasteiger partial charge >= 0.3 is 0 Å². The number of rotatable bonds is 5. The van der Waals surface area contributed by atoms with E-state index in [-0.39, 0.29) is 5.92 Å². The van der Waals surface area contributed by atoms with Gasteiger partial charge in [-0.3, -0.25) is 0 Å². The van der Waals surface area contributed by atoms with Gasteiger partial charge in [-0.25, -0.2) is 0 Å². The van der Waals surface area contributed by atoms with E-state index in [0.29, 0.717) is 17.8 Å². The molecule has 0 saturated carbocycles. The summed E-state index contributed by atoms with van der Waals surface area (Å²) in [5, 5.41) is 0. The van der Waals surface area contributed by atoms with Crippen LogP contribution >= 0.6 is 22.6 Å². The molecule has 0 radical (unpaired) electrons. The maximum Gasteiger partial charge on any atom is 0.123 e. The summed E-state index contributed by atoms with van der Waals surface area (Å²) < 4.78 is 1.19. The maximum atomic E-state index is 11.2. The van der Waals surface area contributed by atoms with Gasteiger partial charge in [-0.1, -0.05) is 48.1 Å². The van der Waals surface area contributed by atoms with Crippen molar-refractivity contribution in [2.24, 2.45) is 23.7 Å². The molecule has 1 nitrogen and oxygen atoms in total. The number of carbonyl (C=O) groups is 1. The highest BCUT2D eigenvalue weighted by molar-refractivity contribution is 14.1. The van der Waals surface area contributed by atoms with E-state index < -0.39 is 0 Å². The van der Waals surface area contributed by atoms with Crippen LogP contribution in [-0.4, -0.2) is 10.7 Å². The Morgan fingerprint density at radius 1 is 1.56 bits per heavy atom. The van der Waals surface area contributed by atoms with Crippen LogP contribution in [-0.2, 0) is 4.79 Å². The van der Waals surface area contributed by atoms with Gasteiger partial charge in [-0.15, -0.1) is 0 Å². The Balaban J connectivity index is 2.85. The molecule has 0 heterocycles. The standard InChI is InChI=1S/C14H23IO/c1-10(2)13(6-7-15)14-8-11(3)4-5-12(14)9-16/h8-10,12-14H,4-7H2,1-3H3/t12-,13-,14+/m1/s1. The third kappa shape index (κ3) is 3.57. The van der Waals surface area contributed by atoms with Crippen LogP contribution in [0, 0.1) is 23.7 Å². The molecule has 16 heavy (non-hydrogen) atoms. The van der Waals surface area contributed by atoms with Gasteiger partial charge < -0.3 is 4.79 Å². The van der Waals surface area contributed by atoms with Crippen molar-refractivity contribution in [3.05, 3.63) is 11.6 Å². The average molecular weight is 334 g/mol. The van der Waals surface area contributed by atoms with Crippen molar-refractivity contribution in [2.75, 3.05) is 4.43 Å². The summed E-state index contributed by atoms with van der Waals surface area (Å²) >= 11 is 2.45. The van der Waals surface area contributed by atoms with Gasteiger partial charge in [-0.2, -0.15) is 0 Å². The average Bonchev–Trinajstić information content (AvgIpc) is 2.25. The van der Waals surface area contributed by atoms with E-state index in [9.17, 15) is 4.79 Å². The van der Waals surface area contributed by atoms with E-state index in [4.69, 9.17) is 0 Å². The molecule has 2 heteroatoms. The van der Waals surface area contributed by atoms with Crippen LogP contribution < -0.4 is 0 Å². The highest BCUT2D eigenvalue weighted by Crippen LogP contribution is 2.37. The number of aldehydes is 1. The fourth-order valence-corrected chi connectivity index (χ4v) is 3.54. The molecule has 0 saturated heterocycles. The zero-order valence-corrected chi connectivity index (χ0v) is 12.7. The second-order valence-electron chi connectivity index (χ2n) is 5.31. The fraction of sp³-hybridized carbons (Fsp3) is 0.786. The molecule has 92 valence electrons. The van der Waals surface area contributed by atoms with E-state index in [0.717, 1.165) is 12.8 Å². The van der Waals surface area contributed by atoms with Crippen molar-refractivity contribution in [2.45, 2.75) is 40.0 Å². The number of hydrogen-bond acceptors (Lipinski definition) is 1. The largest absolute Gasteiger partial charge is 0.303 e. The predicted octanol–water partition coefficient (Wildman–Crippen LogP) is 4.26. The first-order chi connectivity index (χ1) is 7.60. The molecular formula is C14H23IO. The zero-order chi connectivity index (χ0) is 12.1. The molecule has 0 bridgehead atoms. The van der Waals surface area contributed by atoms with Crippen LogP contribution in [0.15, 0.2) is 11.6 Å². The monoisotopic (exact) mass is 334 g/mol. The Hall–Kier alpha value is 0.140. The summed E-state index contributed by atoms with van der Waals surface area (Å²) in [5.41, 5.74) is 1.47. The second kappa shape index (κ2) is 6.77. The number of alkyl halides is 1. The SMILES string of the molecule is CC1=C[C@H]([C@H](CCI)C(C)C)[C@@H](C=O)CC1. The summed E-state index contributed by atoms with van der Waals surface area (Å²) in [6, 6.07) is 0. The van der Waals surface area contributed by atoms with E-state index >= 15 is 0 Å². The Morgan fingerprint density at radius 3 is 2.75 bits per heavy atom. The van der Waals surface area contributed by atoms with E-state index in [1.165, 1.54) is 22.7 Å². The summed E-state index contributed by atoms with van der Waals surface area (Å²) in [6.07, 6.45) is 6.96. The van der Waals surface area contributed by atoms with Gasteiger partial charge in [0.15, 0.2) is 0 Å². The Labute approximate surface area is 113 Å². The molecule has 1 aliphatic rings. The molecule has 0 fully saturated rings. The fourth-order valence-electron chi connectivity index (χ4n) is 2.82. The highest BCUT2D eigenvalue weighted by Gasteiger charge is 2.31. The zero-order valence-electron chi connectivity index (χ0n) is 10.6. The predicted molar refractivity (Wildman–Crippen MR) is 77.9 cm³/mol. The molecule has 0 aromatic rings. The van der Waals surface area contributed by atoms with Crippen molar-refractivity contribution in [1.82, 2.24) is 0 Å². The Morgan fingerprint density at radius 2 is 2.25 bits per heavy atom. The van der Waals surface area contributed by atoms with Crippen LogP contribution in [0.1, 0.15) is 40.0 Å². The molecule has 0 amide bonds. The van der Waals surface area contributed by atoms with Gasteiger partial charge in [0.25, 0.3) is 0 Å². The quantitative estimate of drug-likeness (QED) is 0.318. The minimum atomic E-state index is 0.263. The number of hydrogen-bond donors (Lipinski definition) is 0. The molecule has 1 rings (SSSR count). The van der Waals surface area contributed by atoms with E-state index in [2.05, 4.69) is 49.4 Å². The summed E-state index contributed by atoms with van der Waals surface area (Å²) in [4.78, 5) is 11.2. The minimum absolute atomic E-state index is 0.263. The lowest BCUT2D eigenvalue weighted by Gasteiger charge is -2.34. The van der Waals surface area contributed by atoms with Crippen molar-refractivity contribution in [1.29, 1.82) is 0 Å². The van der Waals surface area contributed by atoms with Gasteiger partial charge in [-0.05, 0) is 48.4 Å². The molecule has 3 atom stereocenters. The maximum absolute atomic E-state index is 11.2. The second-order valence-corrected chi connectivity index (χ2v) is 6.39. The smallest absolute Gasteiger partial charge is 0.123 e. The molecule has 0 aromatic heterocycles. The number of carbonyl (C=O) groups excluding carboxylic acids is 1. The lowest BCUT2D eigenvalue weighted by Crippen LogP contribution is -2.29. The third-order valence-corrected chi connectivity index (χ3v) is 4.43. The van der Waals surface area contributed by atoms with Crippen LogP contribution in [0.2, 0.25) is 0 Å². The van der Waals surface area contributed by atoms with Crippen LogP contribution in [0.25, 0.3) is 0 Å². The van der Waals surface area contributed by atoms with Gasteiger partial charge in [0.2, 0.25) is 0 Å². The van der Waals surface area contributed by atoms with E-state index in [1.54, 1.807) is 0 Å². The van der Waals surface area contributed by atoms with Gasteiger partial charge in [0.05, 0.1) is 0 Å². The molecule has 0 aromatic carbocycles. The first kappa shape index (κ1) is 14.2. The van der Waals surface area contributed by atoms with Crippen molar-refractivity contribution in [3.63, 3.8) is 0 Å². The molecule has 0 spiro atoms. The topological polar surface area (TPSA) is 17.1 Å². The first-order valence-electron chi connectivity index (χ1n) is 6.28. The van der Waals surface area contributed by atoms with Crippen LogP contribution in [0.5, 0.6) is 0 Å². The lowest BCUT2D eigenvalue weighted by molar-refractivity contribution is -0.113. The number of halogens is 1. The molecule has 0 N–H and O–H groups in total. The van der Waals surface area contributed by atoms with Crippen molar-refractivity contribution < 1.29 is 4.79 Å². The summed E-state index contributed by atoms with van der Waals surface area (Å²) in [6.45, 7) is 6.78. The highest BCUT2D eigenvalue weighted by atomic mass is 127. The molecule has 0 aliphatic heterocycles. The molecular weight excluding hydrogens is 311 g/mol. The molecule has 0 unspecified atom stereocenters. The van der Waals surface area contributed by atoms with Crippen molar-refractivity contribution in [3.8, 4) is 0 Å². The summed E-state index contributed by atoms with van der Waals surface area (Å²) in [5.74, 6) is 2.09. The van der Waals surface area contributed by atoms with Gasteiger partial charge in [0.1, 0.15) is 6.29 Å². The normalized spacial score (nSPS) is 27.7. The number of allylic oxidation sites excluding steroid dienone is 2. The van der Waals surface area contributed by atoms with E-state index in [1.807, 2.05) is 0 Å². The van der Waals surface area contributed by atoms with Crippen molar-refractivity contribution >= 4 is 28.9 Å². The summed E-state index contributed by atoms with van der Waals surface area (Å²) in [7, 11) is 0. The molecule has 1 aliphatic carbocycles. The van der Waals surface area contributed by atoms with Gasteiger partial charge in [0, 0.05) is 5.92 Å². The Kier molecular flexibility index (Phi) is 6.01.